The van der Waals surface area contributed by atoms with Crippen molar-refractivity contribution >= 4 is 5.97 Å². The van der Waals surface area contributed by atoms with E-state index in [1.54, 1.807) is 0 Å². The molecule has 0 aliphatic rings. The molecule has 0 aliphatic carbocycles. The summed E-state index contributed by atoms with van der Waals surface area (Å²) >= 11 is 0. The molecule has 1 rings (SSSR count). The number of nitrogens with zero attached hydrogens (tertiary/aromatic N) is 1. The monoisotopic (exact) mass is 156 g/mol. The summed E-state index contributed by atoms with van der Waals surface area (Å²) in [5.41, 5.74) is -0.0881. The van der Waals surface area contributed by atoms with E-state index in [0.717, 1.165) is 0 Å². The van der Waals surface area contributed by atoms with E-state index in [1.807, 2.05) is 0 Å². The van der Waals surface area contributed by atoms with E-state index in [9.17, 15) is 9.28 Å². The zero-order chi connectivity index (χ0) is 8.43. The Bertz CT molecular complexity index is 298. The summed E-state index contributed by atoms with van der Waals surface area (Å²) < 4.78 is 12.8. The highest BCUT2D eigenvalue weighted by Gasteiger charge is 2.20. The van der Waals surface area contributed by atoms with E-state index in [1.165, 1.54) is 25.1 Å². The molecule has 1 N–H and O–H groups in total. The molecule has 0 saturated heterocycles. The first-order chi connectivity index (χ1) is 5.13. The molecule has 0 aliphatic heterocycles. The van der Waals surface area contributed by atoms with Crippen LogP contribution in [0.15, 0.2) is 18.2 Å². The lowest BCUT2D eigenvalue weighted by Gasteiger charge is -1.88. The van der Waals surface area contributed by atoms with Crippen LogP contribution < -0.4 is 4.79 Å². The topological polar surface area (TPSA) is 41.2 Å². The third kappa shape index (κ3) is 1.34. The van der Waals surface area contributed by atoms with Gasteiger partial charge in [0.1, 0.15) is 0 Å². The molecule has 0 radical (unpaired) electrons. The van der Waals surface area contributed by atoms with Gasteiger partial charge in [-0.3, -0.25) is 0 Å². The average molecular weight is 156 g/mol. The SMILES string of the molecule is Cc1cccc(C(=O)O)[n+]1F. The molecule has 58 valence electrons. The number of carbonyl (C=O) groups is 1. The van der Waals surface area contributed by atoms with Gasteiger partial charge in [-0.2, -0.15) is 0 Å². The standard InChI is InChI=1S/C7H6FNO2/c1-5-3-2-4-6(7(10)11)9(5)8/h2-4H,1H3/p+1. The third-order valence-electron chi connectivity index (χ3n) is 1.33. The van der Waals surface area contributed by atoms with Crippen LogP contribution in [0.5, 0.6) is 0 Å². The van der Waals surface area contributed by atoms with E-state index in [-0.39, 0.29) is 16.2 Å². The first-order valence-electron chi connectivity index (χ1n) is 3.04. The molecule has 0 atom stereocenters. The van der Waals surface area contributed by atoms with Crippen molar-refractivity contribution in [3.8, 4) is 0 Å². The van der Waals surface area contributed by atoms with Crippen LogP contribution in [0.25, 0.3) is 0 Å². The summed E-state index contributed by atoms with van der Waals surface area (Å²) in [5.74, 6) is -1.27. The zero-order valence-corrected chi connectivity index (χ0v) is 5.91. The molecule has 1 heterocycles. The number of halogens is 1. The van der Waals surface area contributed by atoms with Gasteiger partial charge in [0.15, 0.2) is 0 Å². The molecule has 4 heteroatoms. The molecule has 1 aromatic rings. The van der Waals surface area contributed by atoms with E-state index < -0.39 is 5.97 Å². The molecule has 0 bridgehead atoms. The van der Waals surface area contributed by atoms with Gasteiger partial charge in [-0.05, 0) is 6.07 Å². The number of aromatic carboxylic acids is 1. The number of carboxylic acids is 1. The van der Waals surface area contributed by atoms with Gasteiger partial charge < -0.3 is 5.11 Å². The Hall–Kier alpha value is -1.45. The van der Waals surface area contributed by atoms with Crippen LogP contribution in [0, 0.1) is 6.92 Å². The molecule has 0 spiro atoms. The Kier molecular flexibility index (Phi) is 1.85. The van der Waals surface area contributed by atoms with Gasteiger partial charge in [-0.1, -0.05) is 0 Å². The Morgan fingerprint density at radius 3 is 2.73 bits per heavy atom. The number of pyridine rings is 1. The van der Waals surface area contributed by atoms with Crippen molar-refractivity contribution < 1.29 is 19.2 Å². The van der Waals surface area contributed by atoms with Crippen LogP contribution >= 0.6 is 0 Å². The summed E-state index contributed by atoms with van der Waals surface area (Å²) in [6, 6.07) is 4.19. The maximum atomic E-state index is 12.8. The highest BCUT2D eigenvalue weighted by molar-refractivity contribution is 5.83. The smallest absolute Gasteiger partial charge is 0.405 e. The fourth-order valence-electron chi connectivity index (χ4n) is 0.755. The molecule has 0 unspecified atom stereocenters. The van der Waals surface area contributed by atoms with Crippen LogP contribution in [-0.4, -0.2) is 11.1 Å². The molecule has 3 nitrogen and oxygen atoms in total. The molecule has 0 saturated carbocycles. The second kappa shape index (κ2) is 2.65. The fraction of sp³-hybridized carbons (Fsp3) is 0.143. The molecule has 0 amide bonds. The van der Waals surface area contributed by atoms with Gasteiger partial charge >= 0.3 is 11.7 Å². The lowest BCUT2D eigenvalue weighted by molar-refractivity contribution is -0.849. The van der Waals surface area contributed by atoms with Gasteiger partial charge in [0.05, 0.1) is 4.48 Å². The molecular formula is C7H7FNO2+. The number of hydrogen-bond acceptors (Lipinski definition) is 1. The first kappa shape index (κ1) is 7.65. The molecule has 11 heavy (non-hydrogen) atoms. The lowest BCUT2D eigenvalue weighted by Crippen LogP contribution is -2.34. The number of rotatable bonds is 1. The predicted octanol–water partition coefficient (Wildman–Crippen LogP) is 0.713. The van der Waals surface area contributed by atoms with Crippen molar-refractivity contribution in [3.05, 3.63) is 29.6 Å². The quantitative estimate of drug-likeness (QED) is 0.650. The van der Waals surface area contributed by atoms with E-state index in [4.69, 9.17) is 5.11 Å². The minimum absolute atomic E-state index is 0.141. The Morgan fingerprint density at radius 2 is 2.27 bits per heavy atom. The Labute approximate surface area is 62.6 Å². The van der Waals surface area contributed by atoms with Gasteiger partial charge in [0, 0.05) is 23.8 Å². The van der Waals surface area contributed by atoms with E-state index in [0.29, 0.717) is 0 Å². The predicted molar refractivity (Wildman–Crippen MR) is 34.8 cm³/mol. The van der Waals surface area contributed by atoms with Gasteiger partial charge in [-0.15, -0.1) is 0 Å². The normalized spacial score (nSPS) is 9.64. The highest BCUT2D eigenvalue weighted by Crippen LogP contribution is 1.95. The van der Waals surface area contributed by atoms with Crippen LogP contribution in [0.3, 0.4) is 0 Å². The number of carboxylic acid groups (broad SMARTS) is 1. The van der Waals surface area contributed by atoms with Crippen molar-refractivity contribution in [1.82, 2.24) is 0 Å². The summed E-state index contributed by atoms with van der Waals surface area (Å²) in [6.07, 6.45) is 0. The number of hydrogen-bond donors (Lipinski definition) is 1. The summed E-state index contributed by atoms with van der Waals surface area (Å²) in [5, 5.41) is 8.43. The molecule has 1 aromatic heterocycles. The molecule has 0 aromatic carbocycles. The summed E-state index contributed by atoms with van der Waals surface area (Å²) in [7, 11) is 0. The van der Waals surface area contributed by atoms with E-state index >= 15 is 0 Å². The fourth-order valence-corrected chi connectivity index (χ4v) is 0.755. The van der Waals surface area contributed by atoms with Crippen molar-refractivity contribution in [2.45, 2.75) is 6.92 Å². The average Bonchev–Trinajstić information content (AvgIpc) is 1.94. The maximum Gasteiger partial charge on any atom is 0.405 e. The van der Waals surface area contributed by atoms with Gasteiger partial charge in [0.25, 0.3) is 0 Å². The van der Waals surface area contributed by atoms with Gasteiger partial charge in [-0.25, -0.2) is 4.79 Å². The third-order valence-corrected chi connectivity index (χ3v) is 1.33. The van der Waals surface area contributed by atoms with Crippen LogP contribution in [-0.2, 0) is 0 Å². The van der Waals surface area contributed by atoms with Crippen molar-refractivity contribution in [2.24, 2.45) is 0 Å². The summed E-state index contributed by atoms with van der Waals surface area (Å²) in [6.45, 7) is 1.49. The minimum atomic E-state index is -1.27. The zero-order valence-electron chi connectivity index (χ0n) is 5.91. The minimum Gasteiger partial charge on any atom is -0.473 e. The summed E-state index contributed by atoms with van der Waals surface area (Å²) in [4.78, 5) is 10.5. The van der Waals surface area contributed by atoms with Crippen molar-refractivity contribution in [2.75, 3.05) is 0 Å². The van der Waals surface area contributed by atoms with Gasteiger partial charge in [0.2, 0.25) is 5.69 Å². The maximum absolute atomic E-state index is 12.8. The molecule has 0 fully saturated rings. The molecular weight excluding hydrogens is 149 g/mol. The number of aromatic nitrogens is 1. The Balaban J connectivity index is 3.27. The van der Waals surface area contributed by atoms with Crippen LogP contribution in [0.2, 0.25) is 0 Å². The first-order valence-corrected chi connectivity index (χ1v) is 3.04. The van der Waals surface area contributed by atoms with Crippen molar-refractivity contribution in [1.29, 1.82) is 0 Å². The lowest BCUT2D eigenvalue weighted by atomic mass is 10.3. The highest BCUT2D eigenvalue weighted by atomic mass is 19.2. The second-order valence-electron chi connectivity index (χ2n) is 2.14. The second-order valence-corrected chi connectivity index (χ2v) is 2.14. The van der Waals surface area contributed by atoms with Crippen LogP contribution in [0.1, 0.15) is 16.2 Å². The van der Waals surface area contributed by atoms with Crippen molar-refractivity contribution in [3.63, 3.8) is 0 Å². The number of aryl methyl sites for hydroxylation is 1. The van der Waals surface area contributed by atoms with Crippen LogP contribution in [0.4, 0.5) is 4.48 Å². The Morgan fingerprint density at radius 1 is 1.64 bits per heavy atom. The van der Waals surface area contributed by atoms with E-state index in [2.05, 4.69) is 0 Å². The largest absolute Gasteiger partial charge is 0.473 e.